The third-order valence-corrected chi connectivity index (χ3v) is 5.61. The van der Waals surface area contributed by atoms with Crippen LogP contribution < -0.4 is 0 Å². The van der Waals surface area contributed by atoms with E-state index < -0.39 is 17.3 Å². The van der Waals surface area contributed by atoms with Crippen LogP contribution in [0.25, 0.3) is 11.3 Å². The normalized spacial score (nSPS) is 13.7. The highest BCUT2D eigenvalue weighted by Crippen LogP contribution is 2.51. The highest BCUT2D eigenvalue weighted by Gasteiger charge is 2.44. The summed E-state index contributed by atoms with van der Waals surface area (Å²) in [4.78, 5) is 12.0. The number of halogens is 2. The summed E-state index contributed by atoms with van der Waals surface area (Å²) >= 11 is 0. The number of hydrogen-bond acceptors (Lipinski definition) is 3. The number of fused-ring (bicyclic) bond motifs is 3. The Bertz CT molecular complexity index is 1110. The number of rotatable bonds is 4. The van der Waals surface area contributed by atoms with Gasteiger partial charge >= 0.3 is 0 Å². The third-order valence-electron chi connectivity index (χ3n) is 5.61. The first-order chi connectivity index (χ1) is 14.2. The van der Waals surface area contributed by atoms with Crippen molar-refractivity contribution in [1.82, 2.24) is 15.0 Å². The van der Waals surface area contributed by atoms with Crippen LogP contribution in [0.2, 0.25) is 0 Å². The molecule has 3 aromatic heterocycles. The molecule has 0 fully saturated rings. The molecule has 0 unspecified atom stereocenters. The molecule has 0 aliphatic heterocycles. The summed E-state index contributed by atoms with van der Waals surface area (Å²) in [7, 11) is 0. The van der Waals surface area contributed by atoms with Crippen molar-refractivity contribution in [3.8, 4) is 11.3 Å². The van der Waals surface area contributed by atoms with Gasteiger partial charge in [0.15, 0.2) is 0 Å². The second kappa shape index (κ2) is 6.85. The molecule has 0 spiro atoms. The summed E-state index contributed by atoms with van der Waals surface area (Å²) in [5, 5.41) is 0. The summed E-state index contributed by atoms with van der Waals surface area (Å²) in [6, 6.07) is 18.7. The predicted molar refractivity (Wildman–Crippen MR) is 106 cm³/mol. The van der Waals surface area contributed by atoms with E-state index in [0.29, 0.717) is 12.8 Å². The summed E-state index contributed by atoms with van der Waals surface area (Å²) in [6.07, 6.45) is 5.84. The van der Waals surface area contributed by atoms with Gasteiger partial charge in [-0.05, 0) is 65.4 Å². The second-order valence-corrected chi connectivity index (χ2v) is 7.35. The van der Waals surface area contributed by atoms with Gasteiger partial charge in [-0.15, -0.1) is 0 Å². The van der Waals surface area contributed by atoms with Crippen LogP contribution in [0.5, 0.6) is 0 Å². The van der Waals surface area contributed by atoms with Crippen LogP contribution in [-0.4, -0.2) is 15.0 Å². The summed E-state index contributed by atoms with van der Waals surface area (Å²) < 4.78 is 27.7. The van der Waals surface area contributed by atoms with Crippen LogP contribution >= 0.6 is 0 Å². The molecule has 142 valence electrons. The molecule has 5 heteroatoms. The minimum absolute atomic E-state index is 0.498. The van der Waals surface area contributed by atoms with Crippen LogP contribution in [-0.2, 0) is 18.3 Å². The Hall–Kier alpha value is -3.47. The molecule has 3 nitrogen and oxygen atoms in total. The fraction of sp³-hybridized carbons (Fsp3) is 0.125. The minimum atomic E-state index is -0.509. The van der Waals surface area contributed by atoms with Crippen molar-refractivity contribution < 1.29 is 8.78 Å². The molecule has 0 radical (unpaired) electrons. The number of aromatic nitrogens is 3. The second-order valence-electron chi connectivity index (χ2n) is 7.35. The van der Waals surface area contributed by atoms with Gasteiger partial charge in [0.1, 0.15) is 0 Å². The minimum Gasteiger partial charge on any atom is -0.256 e. The molecule has 0 saturated carbocycles. The van der Waals surface area contributed by atoms with Crippen LogP contribution in [0.3, 0.4) is 0 Å². The first kappa shape index (κ1) is 17.6. The molecule has 0 amide bonds. The first-order valence-electron chi connectivity index (χ1n) is 9.42. The van der Waals surface area contributed by atoms with E-state index in [4.69, 9.17) is 0 Å². The summed E-state index contributed by atoms with van der Waals surface area (Å²) in [5.74, 6) is -1.02. The van der Waals surface area contributed by atoms with E-state index in [9.17, 15) is 8.78 Å². The lowest BCUT2D eigenvalue weighted by atomic mass is 9.70. The molecule has 0 saturated heterocycles. The smallest absolute Gasteiger partial charge is 0.213 e. The highest BCUT2D eigenvalue weighted by molar-refractivity contribution is 5.78. The lowest BCUT2D eigenvalue weighted by Crippen LogP contribution is -2.31. The maximum Gasteiger partial charge on any atom is 0.213 e. The molecule has 1 aliphatic carbocycles. The van der Waals surface area contributed by atoms with E-state index in [0.717, 1.165) is 33.5 Å². The van der Waals surface area contributed by atoms with Gasteiger partial charge in [-0.25, -0.2) is 9.97 Å². The van der Waals surface area contributed by atoms with E-state index >= 15 is 0 Å². The third kappa shape index (κ3) is 2.99. The van der Waals surface area contributed by atoms with E-state index in [-0.39, 0.29) is 0 Å². The van der Waals surface area contributed by atoms with Gasteiger partial charge in [0.2, 0.25) is 11.9 Å². The summed E-state index contributed by atoms with van der Waals surface area (Å²) in [6.45, 7) is 0. The van der Waals surface area contributed by atoms with Crippen molar-refractivity contribution in [3.05, 3.63) is 113 Å². The highest BCUT2D eigenvalue weighted by atomic mass is 19.1. The van der Waals surface area contributed by atoms with Crippen molar-refractivity contribution in [2.45, 2.75) is 18.3 Å². The Balaban J connectivity index is 1.74. The molecule has 0 N–H and O–H groups in total. The van der Waals surface area contributed by atoms with Gasteiger partial charge in [0, 0.05) is 29.6 Å². The molecule has 1 aromatic carbocycles. The van der Waals surface area contributed by atoms with Gasteiger partial charge in [0.05, 0.1) is 5.69 Å². The van der Waals surface area contributed by atoms with Gasteiger partial charge in [-0.1, -0.05) is 30.3 Å². The van der Waals surface area contributed by atoms with Gasteiger partial charge in [0.25, 0.3) is 0 Å². The Labute approximate surface area is 167 Å². The van der Waals surface area contributed by atoms with Crippen molar-refractivity contribution in [2.75, 3.05) is 0 Å². The Morgan fingerprint density at radius 2 is 1.28 bits per heavy atom. The van der Waals surface area contributed by atoms with Crippen molar-refractivity contribution in [1.29, 1.82) is 0 Å². The number of benzene rings is 1. The lowest BCUT2D eigenvalue weighted by molar-refractivity contribution is 0.509. The fourth-order valence-electron chi connectivity index (χ4n) is 4.50. The Morgan fingerprint density at radius 3 is 1.93 bits per heavy atom. The SMILES string of the molecule is Fc1cc(CC2(Cc3ccnc(F)c3)c3ccccc3-c3ncccc32)ccn1. The fourth-order valence-corrected chi connectivity index (χ4v) is 4.50. The molecule has 5 rings (SSSR count). The van der Waals surface area contributed by atoms with Gasteiger partial charge in [-0.3, -0.25) is 4.98 Å². The lowest BCUT2D eigenvalue weighted by Gasteiger charge is -2.32. The summed E-state index contributed by atoms with van der Waals surface area (Å²) in [5.41, 5.74) is 5.33. The zero-order valence-corrected chi connectivity index (χ0v) is 15.5. The molecular weight excluding hydrogens is 368 g/mol. The molecule has 29 heavy (non-hydrogen) atoms. The molecular formula is C24H17F2N3. The van der Waals surface area contributed by atoms with Gasteiger partial charge < -0.3 is 0 Å². The number of nitrogens with zero attached hydrogens (tertiary/aromatic N) is 3. The van der Waals surface area contributed by atoms with E-state index in [1.165, 1.54) is 24.5 Å². The Kier molecular flexibility index (Phi) is 4.16. The quantitative estimate of drug-likeness (QED) is 0.469. The predicted octanol–water partition coefficient (Wildman–Crippen LogP) is 4.90. The maximum absolute atomic E-state index is 13.9. The zero-order valence-electron chi connectivity index (χ0n) is 15.5. The standard InChI is InChI=1S/C24H17F2N3/c25-21-12-16(7-10-27-21)14-24(15-17-8-11-28-22(26)13-17)19-5-2-1-4-18(19)23-20(24)6-3-9-29-23/h1-13H,14-15H2. The van der Waals surface area contributed by atoms with Crippen molar-refractivity contribution in [3.63, 3.8) is 0 Å². The van der Waals surface area contributed by atoms with E-state index in [1.54, 1.807) is 6.20 Å². The molecule has 3 heterocycles. The van der Waals surface area contributed by atoms with Gasteiger partial charge in [-0.2, -0.15) is 8.78 Å². The maximum atomic E-state index is 13.9. The van der Waals surface area contributed by atoms with Crippen LogP contribution in [0.1, 0.15) is 22.3 Å². The van der Waals surface area contributed by atoms with Crippen molar-refractivity contribution >= 4 is 0 Å². The van der Waals surface area contributed by atoms with Crippen LogP contribution in [0.15, 0.2) is 79.3 Å². The largest absolute Gasteiger partial charge is 0.256 e. The van der Waals surface area contributed by atoms with Crippen LogP contribution in [0.4, 0.5) is 8.78 Å². The first-order valence-corrected chi connectivity index (χ1v) is 9.42. The van der Waals surface area contributed by atoms with Crippen molar-refractivity contribution in [2.24, 2.45) is 0 Å². The average Bonchev–Trinajstić information content (AvgIpc) is 2.99. The average molecular weight is 385 g/mol. The molecule has 1 aliphatic rings. The van der Waals surface area contributed by atoms with Crippen LogP contribution in [0, 0.1) is 11.9 Å². The zero-order chi connectivity index (χ0) is 19.8. The number of hydrogen-bond donors (Lipinski definition) is 0. The van der Waals surface area contributed by atoms with E-state index in [1.807, 2.05) is 30.3 Å². The molecule has 4 aromatic rings. The number of pyridine rings is 3. The molecule has 0 bridgehead atoms. The topological polar surface area (TPSA) is 38.7 Å². The molecule has 0 atom stereocenters. The van der Waals surface area contributed by atoms with E-state index in [2.05, 4.69) is 33.2 Å². The Morgan fingerprint density at radius 1 is 0.655 bits per heavy atom. The monoisotopic (exact) mass is 385 g/mol.